The minimum Gasteiger partial charge on any atom is -0.354 e. The van der Waals surface area contributed by atoms with Gasteiger partial charge >= 0.3 is 0 Å². The lowest BCUT2D eigenvalue weighted by atomic mass is 10.1. The van der Waals surface area contributed by atoms with Crippen LogP contribution >= 0.6 is 0 Å². The molecule has 0 unspecified atom stereocenters. The Labute approximate surface area is 157 Å². The van der Waals surface area contributed by atoms with Gasteiger partial charge in [0.1, 0.15) is 0 Å². The van der Waals surface area contributed by atoms with Crippen molar-refractivity contribution in [1.29, 1.82) is 0 Å². The van der Waals surface area contributed by atoms with Crippen LogP contribution in [0.1, 0.15) is 21.7 Å². The second kappa shape index (κ2) is 7.53. The quantitative estimate of drug-likeness (QED) is 0.760. The summed E-state index contributed by atoms with van der Waals surface area (Å²) in [4.78, 5) is 27.5. The van der Waals surface area contributed by atoms with Crippen molar-refractivity contribution in [3.8, 4) is 0 Å². The van der Waals surface area contributed by atoms with Crippen LogP contribution in [0.3, 0.4) is 0 Å². The predicted octanol–water partition coefficient (Wildman–Crippen LogP) is 1.76. The minimum atomic E-state index is -0.0156. The number of nitrogens with zero attached hydrogens (tertiary/aromatic N) is 6. The molecular weight excluding hydrogens is 342 g/mol. The molecule has 1 atom stereocenters. The average molecular weight is 363 g/mol. The number of aromatic nitrogens is 5. The van der Waals surface area contributed by atoms with E-state index in [-0.39, 0.29) is 11.8 Å². The number of carbonyl (C=O) groups is 1. The molecule has 0 aromatic carbocycles. The molecule has 27 heavy (non-hydrogen) atoms. The van der Waals surface area contributed by atoms with E-state index in [1.54, 1.807) is 30.9 Å². The molecule has 1 N–H and O–H groups in total. The number of amides is 1. The van der Waals surface area contributed by atoms with Gasteiger partial charge in [0, 0.05) is 56.0 Å². The normalized spacial score (nSPS) is 16.5. The molecule has 3 aromatic heterocycles. The molecule has 0 saturated heterocycles. The second-order valence-corrected chi connectivity index (χ2v) is 6.70. The highest BCUT2D eigenvalue weighted by Gasteiger charge is 2.26. The first-order valence-corrected chi connectivity index (χ1v) is 8.92. The number of aryl methyl sites for hydroxylation is 1. The Kier molecular flexibility index (Phi) is 4.78. The molecule has 4 heterocycles. The fourth-order valence-corrected chi connectivity index (χ4v) is 3.22. The molecule has 0 saturated carbocycles. The Bertz CT molecular complexity index is 907. The van der Waals surface area contributed by atoms with Gasteiger partial charge in [0.2, 0.25) is 5.95 Å². The van der Waals surface area contributed by atoms with Crippen molar-refractivity contribution >= 4 is 11.9 Å². The van der Waals surface area contributed by atoms with Crippen molar-refractivity contribution in [2.24, 2.45) is 5.92 Å². The lowest BCUT2D eigenvalue weighted by molar-refractivity contribution is 0.0723. The Morgan fingerprint density at radius 1 is 1.15 bits per heavy atom. The van der Waals surface area contributed by atoms with E-state index in [0.29, 0.717) is 31.1 Å². The number of carbonyl (C=O) groups excluding carboxylic acids is 1. The maximum atomic E-state index is 13.0. The van der Waals surface area contributed by atoms with E-state index in [0.717, 1.165) is 17.9 Å². The van der Waals surface area contributed by atoms with Gasteiger partial charge in [-0.05, 0) is 31.2 Å². The summed E-state index contributed by atoms with van der Waals surface area (Å²) in [6, 6.07) is 7.44. The second-order valence-electron chi connectivity index (χ2n) is 6.70. The summed E-state index contributed by atoms with van der Waals surface area (Å²) in [5, 5.41) is 7.67. The van der Waals surface area contributed by atoms with Crippen molar-refractivity contribution in [3.05, 3.63) is 66.0 Å². The third kappa shape index (κ3) is 3.94. The molecule has 0 bridgehead atoms. The van der Waals surface area contributed by atoms with E-state index < -0.39 is 0 Å². The smallest absolute Gasteiger partial charge is 0.255 e. The molecule has 0 radical (unpaired) electrons. The van der Waals surface area contributed by atoms with Gasteiger partial charge < -0.3 is 10.2 Å². The van der Waals surface area contributed by atoms with Crippen LogP contribution < -0.4 is 5.32 Å². The van der Waals surface area contributed by atoms with Crippen molar-refractivity contribution < 1.29 is 4.79 Å². The molecule has 0 fully saturated rings. The number of hydrogen-bond acceptors (Lipinski definition) is 6. The zero-order valence-corrected chi connectivity index (χ0v) is 15.1. The highest BCUT2D eigenvalue weighted by Crippen LogP contribution is 2.18. The van der Waals surface area contributed by atoms with Crippen molar-refractivity contribution in [2.75, 3.05) is 18.4 Å². The van der Waals surface area contributed by atoms with Gasteiger partial charge in [0.05, 0.1) is 17.8 Å². The molecular formula is C19H21N7O. The van der Waals surface area contributed by atoms with Crippen LogP contribution in [0.4, 0.5) is 5.95 Å². The van der Waals surface area contributed by atoms with E-state index in [1.807, 2.05) is 34.7 Å². The molecule has 1 aliphatic heterocycles. The lowest BCUT2D eigenvalue weighted by Crippen LogP contribution is -2.36. The molecule has 0 spiro atoms. The summed E-state index contributed by atoms with van der Waals surface area (Å²) in [6.07, 6.45) is 6.83. The fourth-order valence-electron chi connectivity index (χ4n) is 3.22. The molecule has 8 nitrogen and oxygen atoms in total. The first-order chi connectivity index (χ1) is 13.2. The van der Waals surface area contributed by atoms with E-state index >= 15 is 0 Å². The Morgan fingerprint density at radius 3 is 2.78 bits per heavy atom. The van der Waals surface area contributed by atoms with Gasteiger partial charge in [-0.2, -0.15) is 5.10 Å². The third-order valence-corrected chi connectivity index (χ3v) is 4.63. The van der Waals surface area contributed by atoms with Crippen molar-refractivity contribution in [1.82, 2.24) is 29.6 Å². The molecule has 1 amide bonds. The number of rotatable bonds is 4. The zero-order chi connectivity index (χ0) is 18.6. The molecule has 1 aliphatic rings. The molecule has 0 aliphatic carbocycles. The van der Waals surface area contributed by atoms with Crippen LogP contribution in [0.2, 0.25) is 0 Å². The summed E-state index contributed by atoms with van der Waals surface area (Å²) in [6.45, 7) is 4.45. The van der Waals surface area contributed by atoms with Crippen LogP contribution in [-0.4, -0.2) is 48.6 Å². The molecule has 138 valence electrons. The number of fused-ring (bicyclic) bond motifs is 1. The van der Waals surface area contributed by atoms with Crippen LogP contribution in [0.25, 0.3) is 0 Å². The first kappa shape index (κ1) is 17.1. The predicted molar refractivity (Wildman–Crippen MR) is 100.0 cm³/mol. The SMILES string of the molecule is Cc1ccc(C(=O)N2Cc3ccnn3C[C@H](CNc3ncccn3)C2)cn1. The van der Waals surface area contributed by atoms with Crippen LogP contribution in [0, 0.1) is 12.8 Å². The topological polar surface area (TPSA) is 88.8 Å². The van der Waals surface area contributed by atoms with Crippen molar-refractivity contribution in [3.63, 3.8) is 0 Å². The van der Waals surface area contributed by atoms with Gasteiger partial charge in [-0.1, -0.05) is 0 Å². The van der Waals surface area contributed by atoms with Gasteiger partial charge in [0.25, 0.3) is 5.91 Å². The van der Waals surface area contributed by atoms with E-state index in [9.17, 15) is 4.79 Å². The van der Waals surface area contributed by atoms with Crippen LogP contribution in [-0.2, 0) is 13.1 Å². The monoisotopic (exact) mass is 363 g/mol. The van der Waals surface area contributed by atoms with Gasteiger partial charge in [-0.15, -0.1) is 0 Å². The van der Waals surface area contributed by atoms with E-state index in [1.165, 1.54) is 0 Å². The maximum Gasteiger partial charge on any atom is 0.255 e. The highest BCUT2D eigenvalue weighted by molar-refractivity contribution is 5.93. The summed E-state index contributed by atoms with van der Waals surface area (Å²) in [5.74, 6) is 0.749. The zero-order valence-electron chi connectivity index (χ0n) is 15.1. The number of pyridine rings is 1. The highest BCUT2D eigenvalue weighted by atomic mass is 16.2. The first-order valence-electron chi connectivity index (χ1n) is 8.92. The summed E-state index contributed by atoms with van der Waals surface area (Å²) in [5.41, 5.74) is 2.53. The minimum absolute atomic E-state index is 0.0156. The van der Waals surface area contributed by atoms with Crippen LogP contribution in [0.15, 0.2) is 49.1 Å². The molecule has 3 aromatic rings. The van der Waals surface area contributed by atoms with E-state index in [4.69, 9.17) is 0 Å². The summed E-state index contributed by atoms with van der Waals surface area (Å²) >= 11 is 0. The summed E-state index contributed by atoms with van der Waals surface area (Å²) in [7, 11) is 0. The Morgan fingerprint density at radius 2 is 2.00 bits per heavy atom. The number of hydrogen-bond donors (Lipinski definition) is 1. The van der Waals surface area contributed by atoms with E-state index in [2.05, 4.69) is 25.4 Å². The van der Waals surface area contributed by atoms with Gasteiger partial charge in [-0.25, -0.2) is 9.97 Å². The van der Waals surface area contributed by atoms with Gasteiger partial charge in [-0.3, -0.25) is 14.5 Å². The van der Waals surface area contributed by atoms with Gasteiger partial charge in [0.15, 0.2) is 0 Å². The summed E-state index contributed by atoms with van der Waals surface area (Å²) < 4.78 is 1.97. The Balaban J connectivity index is 1.53. The number of anilines is 1. The molecule has 4 rings (SSSR count). The lowest BCUT2D eigenvalue weighted by Gasteiger charge is -2.24. The number of nitrogens with one attached hydrogen (secondary N) is 1. The molecule has 8 heteroatoms. The fraction of sp³-hybridized carbons (Fsp3) is 0.316. The largest absolute Gasteiger partial charge is 0.354 e. The average Bonchev–Trinajstić information content (AvgIpc) is 3.05. The Hall–Kier alpha value is -3.29. The third-order valence-electron chi connectivity index (χ3n) is 4.63. The maximum absolute atomic E-state index is 13.0. The standard InChI is InChI=1S/C19H21N7O/c1-14-3-4-16(10-22-14)18(27)25-11-15(9-23-19-20-6-2-7-21-19)12-26-17(13-25)5-8-24-26/h2-8,10,15H,9,11-13H2,1H3,(H,20,21,23)/t15-/m1/s1. The van der Waals surface area contributed by atoms with Crippen LogP contribution in [0.5, 0.6) is 0 Å². The van der Waals surface area contributed by atoms with Crippen molar-refractivity contribution in [2.45, 2.75) is 20.0 Å².